The molecule has 1 heterocycles. The van der Waals surface area contributed by atoms with Crippen LogP contribution in [0.15, 0.2) is 53.2 Å². The summed E-state index contributed by atoms with van der Waals surface area (Å²) in [5.74, 6) is 0.170. The smallest absolute Gasteiger partial charge is 0.221 e. The normalized spacial score (nSPS) is 10.8. The predicted octanol–water partition coefficient (Wildman–Crippen LogP) is 3.83. The van der Waals surface area contributed by atoms with Crippen LogP contribution >= 0.6 is 11.6 Å². The van der Waals surface area contributed by atoms with E-state index >= 15 is 0 Å². The van der Waals surface area contributed by atoms with Gasteiger partial charge in [0.15, 0.2) is 5.76 Å². The van der Waals surface area contributed by atoms with E-state index in [1.807, 2.05) is 12.1 Å². The molecule has 1 aromatic heterocycles. The molecule has 0 saturated heterocycles. The van der Waals surface area contributed by atoms with E-state index in [0.29, 0.717) is 10.8 Å². The molecule has 0 radical (unpaired) electrons. The first-order chi connectivity index (χ1) is 7.75. The van der Waals surface area contributed by atoms with Crippen molar-refractivity contribution in [2.24, 2.45) is 0 Å². The fourth-order valence-electron chi connectivity index (χ4n) is 1.28. The molecule has 0 spiro atoms. The van der Waals surface area contributed by atoms with Crippen LogP contribution in [-0.2, 0) is 0 Å². The van der Waals surface area contributed by atoms with Crippen molar-refractivity contribution in [3.05, 3.63) is 65.1 Å². The molecular weight excluding hydrogens is 224 g/mol. The summed E-state index contributed by atoms with van der Waals surface area (Å²) in [6, 6.07) is 10.6. The van der Waals surface area contributed by atoms with Gasteiger partial charge in [0.05, 0.1) is 6.26 Å². The van der Waals surface area contributed by atoms with E-state index in [1.165, 1.54) is 12.3 Å². The topological polar surface area (TPSA) is 30.2 Å². The number of furan rings is 1. The minimum absolute atomic E-state index is 0.162. The highest BCUT2D eigenvalue weighted by Gasteiger charge is 2.03. The highest BCUT2D eigenvalue weighted by molar-refractivity contribution is 6.30. The van der Waals surface area contributed by atoms with E-state index in [2.05, 4.69) is 0 Å². The molecule has 0 aliphatic heterocycles. The zero-order valence-electron chi connectivity index (χ0n) is 8.39. The van der Waals surface area contributed by atoms with Gasteiger partial charge in [0.25, 0.3) is 0 Å². The lowest BCUT2D eigenvalue weighted by atomic mass is 10.2. The molecule has 0 atom stereocenters. The Morgan fingerprint density at radius 1 is 1.25 bits per heavy atom. The molecule has 0 N–H and O–H groups in total. The molecule has 2 rings (SSSR count). The maximum absolute atomic E-state index is 11.6. The number of rotatable bonds is 3. The zero-order chi connectivity index (χ0) is 11.4. The Kier molecular flexibility index (Phi) is 3.22. The van der Waals surface area contributed by atoms with Crippen molar-refractivity contribution in [1.29, 1.82) is 0 Å². The van der Waals surface area contributed by atoms with E-state index in [0.717, 1.165) is 5.56 Å². The summed E-state index contributed by atoms with van der Waals surface area (Å²) >= 11 is 5.82. The van der Waals surface area contributed by atoms with Crippen molar-refractivity contribution >= 4 is 23.5 Å². The molecule has 0 saturated carbocycles. The summed E-state index contributed by atoms with van der Waals surface area (Å²) in [5.41, 5.74) is 0.882. The molecule has 0 bridgehead atoms. The molecule has 0 amide bonds. The Hall–Kier alpha value is -1.80. The molecule has 2 nitrogen and oxygen atoms in total. The van der Waals surface area contributed by atoms with Gasteiger partial charge in [-0.25, -0.2) is 0 Å². The number of hydrogen-bond acceptors (Lipinski definition) is 2. The largest absolute Gasteiger partial charge is 0.461 e. The Bertz CT molecular complexity index is 512. The fourth-order valence-corrected chi connectivity index (χ4v) is 1.48. The number of halogens is 1. The molecule has 3 heteroatoms. The van der Waals surface area contributed by atoms with Crippen LogP contribution in [0.25, 0.3) is 6.08 Å². The molecule has 0 unspecified atom stereocenters. The van der Waals surface area contributed by atoms with Gasteiger partial charge < -0.3 is 4.42 Å². The second-order valence-corrected chi connectivity index (χ2v) is 3.67. The summed E-state index contributed by atoms with van der Waals surface area (Å²) in [4.78, 5) is 11.6. The highest BCUT2D eigenvalue weighted by Crippen LogP contribution is 2.12. The van der Waals surface area contributed by atoms with Crippen LogP contribution in [0.2, 0.25) is 5.02 Å². The summed E-state index contributed by atoms with van der Waals surface area (Å²) in [6.45, 7) is 0. The first kappa shape index (κ1) is 10.7. The van der Waals surface area contributed by atoms with Crippen LogP contribution < -0.4 is 0 Å². The third kappa shape index (κ3) is 2.61. The summed E-state index contributed by atoms with van der Waals surface area (Å²) in [6.07, 6.45) is 4.64. The maximum Gasteiger partial charge on any atom is 0.221 e. The zero-order valence-corrected chi connectivity index (χ0v) is 9.15. The number of allylic oxidation sites excluding steroid dienone is 1. The van der Waals surface area contributed by atoms with Crippen molar-refractivity contribution in [3.8, 4) is 0 Å². The molecule has 80 valence electrons. The van der Waals surface area contributed by atoms with Crippen LogP contribution in [0.5, 0.6) is 0 Å². The number of hydrogen-bond donors (Lipinski definition) is 0. The quantitative estimate of drug-likeness (QED) is 0.595. The van der Waals surface area contributed by atoms with E-state index < -0.39 is 0 Å². The van der Waals surface area contributed by atoms with Crippen LogP contribution in [0.3, 0.4) is 0 Å². The van der Waals surface area contributed by atoms with Gasteiger partial charge in [-0.3, -0.25) is 4.79 Å². The number of carbonyl (C=O) groups excluding carboxylic acids is 1. The van der Waals surface area contributed by atoms with Crippen molar-refractivity contribution in [2.45, 2.75) is 0 Å². The summed E-state index contributed by atoms with van der Waals surface area (Å²) in [5, 5.41) is 0.646. The van der Waals surface area contributed by atoms with Crippen LogP contribution in [-0.4, -0.2) is 5.78 Å². The summed E-state index contributed by atoms with van der Waals surface area (Å²) in [7, 11) is 0. The van der Waals surface area contributed by atoms with Crippen LogP contribution in [0, 0.1) is 0 Å². The predicted molar refractivity (Wildman–Crippen MR) is 63.5 cm³/mol. The van der Waals surface area contributed by atoms with Crippen molar-refractivity contribution in [1.82, 2.24) is 0 Å². The van der Waals surface area contributed by atoms with Gasteiger partial charge in [-0.15, -0.1) is 0 Å². The van der Waals surface area contributed by atoms with E-state index in [1.54, 1.807) is 30.3 Å². The van der Waals surface area contributed by atoms with Gasteiger partial charge >= 0.3 is 0 Å². The van der Waals surface area contributed by atoms with Crippen LogP contribution in [0.4, 0.5) is 0 Å². The van der Waals surface area contributed by atoms with E-state index in [4.69, 9.17) is 16.0 Å². The van der Waals surface area contributed by atoms with E-state index in [9.17, 15) is 4.79 Å². The average molecular weight is 233 g/mol. The average Bonchev–Trinajstić information content (AvgIpc) is 2.79. The maximum atomic E-state index is 11.6. The molecule has 2 aromatic rings. The van der Waals surface area contributed by atoms with Gasteiger partial charge in [-0.2, -0.15) is 0 Å². The minimum atomic E-state index is -0.162. The van der Waals surface area contributed by atoms with Crippen LogP contribution in [0.1, 0.15) is 16.1 Å². The molecule has 16 heavy (non-hydrogen) atoms. The minimum Gasteiger partial charge on any atom is -0.461 e. The third-order valence-corrected chi connectivity index (χ3v) is 2.27. The van der Waals surface area contributed by atoms with Crippen molar-refractivity contribution in [2.75, 3.05) is 0 Å². The van der Waals surface area contributed by atoms with Gasteiger partial charge in [-0.1, -0.05) is 29.8 Å². The SMILES string of the molecule is O=C(/C=C\c1cccc(Cl)c1)c1ccco1. The van der Waals surface area contributed by atoms with E-state index in [-0.39, 0.29) is 5.78 Å². The second-order valence-electron chi connectivity index (χ2n) is 3.23. The number of carbonyl (C=O) groups is 1. The third-order valence-electron chi connectivity index (χ3n) is 2.04. The molecule has 1 aromatic carbocycles. The standard InChI is InChI=1S/C13H9ClO2/c14-11-4-1-3-10(9-11)6-7-12(15)13-5-2-8-16-13/h1-9H/b7-6-. The Balaban J connectivity index is 2.13. The second kappa shape index (κ2) is 4.81. The van der Waals surface area contributed by atoms with Crippen molar-refractivity contribution in [3.63, 3.8) is 0 Å². The fraction of sp³-hybridized carbons (Fsp3) is 0. The Morgan fingerprint density at radius 3 is 2.81 bits per heavy atom. The van der Waals surface area contributed by atoms with Gasteiger partial charge in [0.1, 0.15) is 0 Å². The summed E-state index contributed by atoms with van der Waals surface area (Å²) < 4.78 is 4.98. The molecule has 0 aliphatic carbocycles. The van der Waals surface area contributed by atoms with Gasteiger partial charge in [0, 0.05) is 5.02 Å². The molecule has 0 aliphatic rings. The number of ketones is 1. The Morgan fingerprint density at radius 2 is 2.12 bits per heavy atom. The van der Waals surface area contributed by atoms with Gasteiger partial charge in [0.2, 0.25) is 5.78 Å². The molecular formula is C13H9ClO2. The number of benzene rings is 1. The first-order valence-electron chi connectivity index (χ1n) is 4.77. The van der Waals surface area contributed by atoms with Crippen molar-refractivity contribution < 1.29 is 9.21 Å². The molecule has 0 fully saturated rings. The highest BCUT2D eigenvalue weighted by atomic mass is 35.5. The monoisotopic (exact) mass is 232 g/mol. The lowest BCUT2D eigenvalue weighted by Gasteiger charge is -1.93. The first-order valence-corrected chi connectivity index (χ1v) is 5.15. The lowest BCUT2D eigenvalue weighted by molar-refractivity contribution is 0.102. The Labute approximate surface area is 98.2 Å². The lowest BCUT2D eigenvalue weighted by Crippen LogP contribution is -1.90. The van der Waals surface area contributed by atoms with Gasteiger partial charge in [-0.05, 0) is 35.9 Å².